The van der Waals surface area contributed by atoms with E-state index in [-0.39, 0.29) is 11.8 Å². The van der Waals surface area contributed by atoms with E-state index in [4.69, 9.17) is 0 Å². The van der Waals surface area contributed by atoms with Gasteiger partial charge in [0, 0.05) is 24.0 Å². The summed E-state index contributed by atoms with van der Waals surface area (Å²) in [4.78, 5) is 32.9. The minimum absolute atomic E-state index is 0.0631. The van der Waals surface area contributed by atoms with E-state index in [1.807, 2.05) is 12.1 Å². The van der Waals surface area contributed by atoms with Gasteiger partial charge in [0.25, 0.3) is 5.91 Å². The maximum atomic E-state index is 12.4. The Hall–Kier alpha value is -3.15. The molecule has 1 aromatic heterocycles. The molecular formula is C17H14N4O2. The Bertz CT molecular complexity index is 945. The van der Waals surface area contributed by atoms with Gasteiger partial charge in [-0.15, -0.1) is 0 Å². The van der Waals surface area contributed by atoms with Crippen molar-refractivity contribution >= 4 is 34.2 Å². The van der Waals surface area contributed by atoms with Crippen molar-refractivity contribution in [1.82, 2.24) is 9.97 Å². The molecule has 2 amide bonds. The topological polar surface area (TPSA) is 78.1 Å². The monoisotopic (exact) mass is 306 g/mol. The van der Waals surface area contributed by atoms with E-state index in [0.717, 1.165) is 22.3 Å². The van der Waals surface area contributed by atoms with Gasteiger partial charge in [0.05, 0.1) is 23.8 Å². The van der Waals surface area contributed by atoms with Gasteiger partial charge in [0.15, 0.2) is 0 Å². The Balaban J connectivity index is 1.59. The molecule has 0 spiro atoms. The minimum atomic E-state index is -0.195. The Morgan fingerprint density at radius 3 is 3.00 bits per heavy atom. The first-order chi connectivity index (χ1) is 11.1. The number of hydrogen-bond acceptors (Lipinski definition) is 3. The van der Waals surface area contributed by atoms with Gasteiger partial charge in [-0.05, 0) is 42.0 Å². The van der Waals surface area contributed by atoms with Crippen LogP contribution in [0.1, 0.15) is 15.9 Å². The fourth-order valence-corrected chi connectivity index (χ4v) is 2.83. The van der Waals surface area contributed by atoms with Crippen LogP contribution >= 0.6 is 0 Å². The van der Waals surface area contributed by atoms with Gasteiger partial charge in [0.1, 0.15) is 0 Å². The molecule has 0 atom stereocenters. The number of carbonyl (C=O) groups is 2. The number of rotatable bonds is 2. The minimum Gasteiger partial charge on any atom is -0.345 e. The van der Waals surface area contributed by atoms with Crippen molar-refractivity contribution in [3.63, 3.8) is 0 Å². The maximum absolute atomic E-state index is 12.4. The van der Waals surface area contributed by atoms with Crippen molar-refractivity contribution in [1.29, 1.82) is 0 Å². The van der Waals surface area contributed by atoms with E-state index < -0.39 is 0 Å². The van der Waals surface area contributed by atoms with E-state index >= 15 is 0 Å². The summed E-state index contributed by atoms with van der Waals surface area (Å²) in [6.45, 7) is 0. The Morgan fingerprint density at radius 1 is 1.26 bits per heavy atom. The second-order valence-corrected chi connectivity index (χ2v) is 5.56. The number of fused-ring (bicyclic) bond motifs is 2. The van der Waals surface area contributed by atoms with Crippen LogP contribution in [0.3, 0.4) is 0 Å². The van der Waals surface area contributed by atoms with Crippen LogP contribution in [0.5, 0.6) is 0 Å². The Morgan fingerprint density at radius 2 is 2.13 bits per heavy atom. The standard InChI is InChI=1S/C17H14N4O2/c1-21-15-5-3-12(6-11(15)8-16(21)22)20-17(23)10-2-4-13-14(7-10)19-9-18-13/h2-7,9H,8H2,1H3,(H,18,19)(H,20,23). The fourth-order valence-electron chi connectivity index (χ4n) is 2.83. The molecule has 3 aromatic rings. The summed E-state index contributed by atoms with van der Waals surface area (Å²) < 4.78 is 0. The number of aromatic nitrogens is 2. The number of nitrogens with zero attached hydrogens (tertiary/aromatic N) is 2. The van der Waals surface area contributed by atoms with Crippen molar-refractivity contribution in [2.24, 2.45) is 0 Å². The highest BCUT2D eigenvalue weighted by Crippen LogP contribution is 2.30. The van der Waals surface area contributed by atoms with Crippen LogP contribution in [0.25, 0.3) is 11.0 Å². The van der Waals surface area contributed by atoms with Gasteiger partial charge < -0.3 is 15.2 Å². The molecule has 6 nitrogen and oxygen atoms in total. The summed E-state index contributed by atoms with van der Waals surface area (Å²) in [6, 6.07) is 10.8. The van der Waals surface area contributed by atoms with E-state index in [0.29, 0.717) is 17.7 Å². The summed E-state index contributed by atoms with van der Waals surface area (Å²) in [5.41, 5.74) is 4.70. The molecule has 0 bridgehead atoms. The summed E-state index contributed by atoms with van der Waals surface area (Å²) >= 11 is 0. The fraction of sp³-hybridized carbons (Fsp3) is 0.118. The molecule has 114 valence electrons. The second-order valence-electron chi connectivity index (χ2n) is 5.56. The van der Waals surface area contributed by atoms with Gasteiger partial charge in [-0.3, -0.25) is 9.59 Å². The molecule has 1 aliphatic heterocycles. The number of aromatic amines is 1. The van der Waals surface area contributed by atoms with Crippen molar-refractivity contribution in [3.8, 4) is 0 Å². The molecule has 4 rings (SSSR count). The van der Waals surface area contributed by atoms with Gasteiger partial charge in [0.2, 0.25) is 5.91 Å². The number of anilines is 2. The van der Waals surface area contributed by atoms with E-state index in [1.54, 1.807) is 42.5 Å². The lowest BCUT2D eigenvalue weighted by atomic mass is 10.1. The van der Waals surface area contributed by atoms with Gasteiger partial charge in [-0.1, -0.05) is 0 Å². The number of benzene rings is 2. The van der Waals surface area contributed by atoms with Gasteiger partial charge >= 0.3 is 0 Å². The number of nitrogens with one attached hydrogen (secondary N) is 2. The first kappa shape index (κ1) is 13.5. The Kier molecular flexibility index (Phi) is 2.90. The highest BCUT2D eigenvalue weighted by Gasteiger charge is 2.24. The normalized spacial score (nSPS) is 13.4. The molecule has 0 saturated heterocycles. The zero-order valence-corrected chi connectivity index (χ0v) is 12.5. The van der Waals surface area contributed by atoms with Gasteiger partial charge in [-0.25, -0.2) is 4.98 Å². The molecule has 2 heterocycles. The number of carbonyl (C=O) groups excluding carboxylic acids is 2. The van der Waals surface area contributed by atoms with Crippen LogP contribution in [0.15, 0.2) is 42.7 Å². The number of likely N-dealkylation sites (N-methyl/N-ethyl adjacent to an activating group) is 1. The van der Waals surface area contributed by atoms with Crippen molar-refractivity contribution in [3.05, 3.63) is 53.9 Å². The average molecular weight is 306 g/mol. The van der Waals surface area contributed by atoms with E-state index in [1.165, 1.54) is 0 Å². The largest absolute Gasteiger partial charge is 0.345 e. The summed E-state index contributed by atoms with van der Waals surface area (Å²) in [5, 5.41) is 2.87. The molecule has 0 fully saturated rings. The third-order valence-electron chi connectivity index (χ3n) is 4.10. The number of amides is 2. The highest BCUT2D eigenvalue weighted by molar-refractivity contribution is 6.07. The van der Waals surface area contributed by atoms with E-state index in [2.05, 4.69) is 15.3 Å². The molecule has 0 saturated carbocycles. The van der Waals surface area contributed by atoms with Crippen molar-refractivity contribution < 1.29 is 9.59 Å². The average Bonchev–Trinajstić information content (AvgIpc) is 3.11. The summed E-state index contributed by atoms with van der Waals surface area (Å²) in [5.74, 6) is -0.132. The Labute approximate surface area is 132 Å². The number of imidazole rings is 1. The molecule has 6 heteroatoms. The lowest BCUT2D eigenvalue weighted by Gasteiger charge is -2.11. The third kappa shape index (κ3) is 2.24. The molecule has 23 heavy (non-hydrogen) atoms. The predicted molar refractivity (Wildman–Crippen MR) is 87.6 cm³/mol. The molecule has 0 unspecified atom stereocenters. The van der Waals surface area contributed by atoms with Gasteiger partial charge in [-0.2, -0.15) is 0 Å². The zero-order valence-electron chi connectivity index (χ0n) is 12.5. The van der Waals surface area contributed by atoms with Crippen LogP contribution in [-0.2, 0) is 11.2 Å². The van der Waals surface area contributed by atoms with Crippen molar-refractivity contribution in [2.45, 2.75) is 6.42 Å². The van der Waals surface area contributed by atoms with Crippen molar-refractivity contribution in [2.75, 3.05) is 17.3 Å². The van der Waals surface area contributed by atoms with E-state index in [9.17, 15) is 9.59 Å². The molecule has 2 N–H and O–H groups in total. The lowest BCUT2D eigenvalue weighted by molar-refractivity contribution is -0.117. The SMILES string of the molecule is CN1C(=O)Cc2cc(NC(=O)c3ccc4nc[nH]c4c3)ccc21. The van der Waals surface area contributed by atoms with Crippen LogP contribution in [0.2, 0.25) is 0 Å². The van der Waals surface area contributed by atoms with Crippen LogP contribution < -0.4 is 10.2 Å². The lowest BCUT2D eigenvalue weighted by Crippen LogP contribution is -2.20. The molecule has 0 radical (unpaired) electrons. The van der Waals surface area contributed by atoms with Crippen LogP contribution in [0, 0.1) is 0 Å². The number of H-pyrrole nitrogens is 1. The second kappa shape index (κ2) is 4.95. The highest BCUT2D eigenvalue weighted by atomic mass is 16.2. The molecule has 1 aliphatic rings. The maximum Gasteiger partial charge on any atom is 0.255 e. The third-order valence-corrected chi connectivity index (χ3v) is 4.10. The number of hydrogen-bond donors (Lipinski definition) is 2. The molecular weight excluding hydrogens is 292 g/mol. The molecule has 0 aliphatic carbocycles. The molecule has 2 aromatic carbocycles. The van der Waals surface area contributed by atoms with Crippen LogP contribution in [-0.4, -0.2) is 28.8 Å². The van der Waals surface area contributed by atoms with Crippen LogP contribution in [0.4, 0.5) is 11.4 Å². The quantitative estimate of drug-likeness (QED) is 0.763. The first-order valence-electron chi connectivity index (χ1n) is 7.26. The first-order valence-corrected chi connectivity index (χ1v) is 7.26. The smallest absolute Gasteiger partial charge is 0.255 e. The summed E-state index contributed by atoms with van der Waals surface area (Å²) in [6.07, 6.45) is 1.97. The summed E-state index contributed by atoms with van der Waals surface area (Å²) in [7, 11) is 1.76. The zero-order chi connectivity index (χ0) is 16.0. The predicted octanol–water partition coefficient (Wildman–Crippen LogP) is 2.33.